The number of likely N-dealkylation sites (tertiary alicyclic amines) is 1. The van der Waals surface area contributed by atoms with Crippen LogP contribution in [0.2, 0.25) is 0 Å². The Morgan fingerprint density at radius 3 is 2.65 bits per heavy atom. The van der Waals surface area contributed by atoms with Crippen LogP contribution in [0.25, 0.3) is 0 Å². The number of ether oxygens (including phenoxy) is 1. The number of nitrogens with zero attached hydrogens (tertiary/aromatic N) is 1. The number of hydrogen-bond donors (Lipinski definition) is 1. The number of imide groups is 1. The van der Waals surface area contributed by atoms with E-state index >= 15 is 0 Å². The second-order valence-corrected chi connectivity index (χ2v) is 4.49. The molecular formula is C14H16N2O4. The summed E-state index contributed by atoms with van der Waals surface area (Å²) in [5, 5.41) is 2.61. The number of hydrogen-bond acceptors (Lipinski definition) is 4. The van der Waals surface area contributed by atoms with Gasteiger partial charge in [0.05, 0.1) is 7.11 Å². The standard InChI is InChI=1S/C14H16N2O4/c1-20-13(18)11-8-5-9-12(17)16(11)14(19)15-10-6-3-2-4-7-10/h2-4,6-7,11H,5,8-9H2,1H3,(H,15,19). The van der Waals surface area contributed by atoms with E-state index in [1.165, 1.54) is 7.11 Å². The van der Waals surface area contributed by atoms with Crippen molar-refractivity contribution < 1.29 is 19.1 Å². The van der Waals surface area contributed by atoms with E-state index in [2.05, 4.69) is 10.1 Å². The Balaban J connectivity index is 2.15. The molecule has 106 valence electrons. The minimum Gasteiger partial charge on any atom is -0.467 e. The number of para-hydroxylation sites is 1. The van der Waals surface area contributed by atoms with Crippen molar-refractivity contribution in [3.8, 4) is 0 Å². The zero-order valence-electron chi connectivity index (χ0n) is 11.2. The number of benzene rings is 1. The molecule has 1 atom stereocenters. The van der Waals surface area contributed by atoms with E-state index in [9.17, 15) is 14.4 Å². The van der Waals surface area contributed by atoms with Gasteiger partial charge in [0.15, 0.2) is 0 Å². The topological polar surface area (TPSA) is 75.7 Å². The second-order valence-electron chi connectivity index (χ2n) is 4.49. The number of nitrogens with one attached hydrogen (secondary N) is 1. The van der Waals surface area contributed by atoms with Crippen LogP contribution in [0, 0.1) is 0 Å². The maximum Gasteiger partial charge on any atom is 0.329 e. The van der Waals surface area contributed by atoms with E-state index < -0.39 is 18.0 Å². The first-order valence-corrected chi connectivity index (χ1v) is 6.39. The summed E-state index contributed by atoms with van der Waals surface area (Å²) in [5.41, 5.74) is 0.569. The van der Waals surface area contributed by atoms with E-state index in [1.807, 2.05) is 6.07 Å². The van der Waals surface area contributed by atoms with Gasteiger partial charge in [0.1, 0.15) is 6.04 Å². The van der Waals surface area contributed by atoms with E-state index in [-0.39, 0.29) is 12.3 Å². The number of amides is 3. The largest absolute Gasteiger partial charge is 0.467 e. The summed E-state index contributed by atoms with van der Waals surface area (Å²) >= 11 is 0. The Kier molecular flexibility index (Phi) is 4.34. The van der Waals surface area contributed by atoms with Crippen LogP contribution in [0.4, 0.5) is 10.5 Å². The summed E-state index contributed by atoms with van der Waals surface area (Å²) in [4.78, 5) is 36.8. The van der Waals surface area contributed by atoms with Crippen LogP contribution in [-0.2, 0) is 14.3 Å². The highest BCUT2D eigenvalue weighted by molar-refractivity contribution is 6.04. The first-order chi connectivity index (χ1) is 9.63. The summed E-state index contributed by atoms with van der Waals surface area (Å²) in [6.45, 7) is 0. The van der Waals surface area contributed by atoms with Gasteiger partial charge in [-0.05, 0) is 25.0 Å². The predicted octanol–water partition coefficient (Wildman–Crippen LogP) is 1.77. The third-order valence-corrected chi connectivity index (χ3v) is 3.17. The van der Waals surface area contributed by atoms with Crippen LogP contribution in [0.5, 0.6) is 0 Å². The Hall–Kier alpha value is -2.37. The van der Waals surface area contributed by atoms with Gasteiger partial charge in [-0.1, -0.05) is 18.2 Å². The van der Waals surface area contributed by atoms with Crippen LogP contribution < -0.4 is 5.32 Å². The van der Waals surface area contributed by atoms with Crippen LogP contribution in [0.3, 0.4) is 0 Å². The third kappa shape index (κ3) is 2.96. The van der Waals surface area contributed by atoms with Crippen molar-refractivity contribution in [3.05, 3.63) is 30.3 Å². The molecule has 0 radical (unpaired) electrons. The molecule has 3 amide bonds. The molecule has 0 aliphatic carbocycles. The lowest BCUT2D eigenvalue weighted by Gasteiger charge is -2.31. The lowest BCUT2D eigenvalue weighted by Crippen LogP contribution is -2.53. The molecule has 1 aromatic carbocycles. The molecule has 2 rings (SSSR count). The maximum atomic E-state index is 12.2. The molecule has 1 N–H and O–H groups in total. The molecule has 1 aliphatic rings. The smallest absolute Gasteiger partial charge is 0.329 e. The van der Waals surface area contributed by atoms with E-state index in [0.717, 1.165) is 4.90 Å². The number of urea groups is 1. The average molecular weight is 276 g/mol. The van der Waals surface area contributed by atoms with Crippen molar-refractivity contribution in [2.45, 2.75) is 25.3 Å². The highest BCUT2D eigenvalue weighted by Gasteiger charge is 2.38. The third-order valence-electron chi connectivity index (χ3n) is 3.17. The van der Waals surface area contributed by atoms with Crippen LogP contribution in [-0.4, -0.2) is 36.0 Å². The molecule has 1 heterocycles. The van der Waals surface area contributed by atoms with E-state index in [0.29, 0.717) is 18.5 Å². The summed E-state index contributed by atoms with van der Waals surface area (Å²) in [5.74, 6) is -0.929. The molecule has 6 nitrogen and oxygen atoms in total. The average Bonchev–Trinajstić information content (AvgIpc) is 2.47. The molecule has 6 heteroatoms. The lowest BCUT2D eigenvalue weighted by atomic mass is 10.0. The molecular weight excluding hydrogens is 260 g/mol. The van der Waals surface area contributed by atoms with Gasteiger partial charge in [-0.3, -0.25) is 4.79 Å². The number of carbonyl (C=O) groups excluding carboxylic acids is 3. The summed E-state index contributed by atoms with van der Waals surface area (Å²) in [7, 11) is 1.24. The van der Waals surface area contributed by atoms with Crippen molar-refractivity contribution in [2.24, 2.45) is 0 Å². The fraction of sp³-hybridized carbons (Fsp3) is 0.357. The van der Waals surface area contributed by atoms with Crippen LogP contribution >= 0.6 is 0 Å². The molecule has 1 unspecified atom stereocenters. The monoisotopic (exact) mass is 276 g/mol. The first-order valence-electron chi connectivity index (χ1n) is 6.39. The van der Waals surface area contributed by atoms with Gasteiger partial charge >= 0.3 is 12.0 Å². The van der Waals surface area contributed by atoms with Crippen molar-refractivity contribution in [1.29, 1.82) is 0 Å². The van der Waals surface area contributed by atoms with Crippen molar-refractivity contribution in [2.75, 3.05) is 12.4 Å². The zero-order chi connectivity index (χ0) is 14.5. The van der Waals surface area contributed by atoms with E-state index in [1.54, 1.807) is 24.3 Å². The molecule has 1 saturated heterocycles. The summed E-state index contributed by atoms with van der Waals surface area (Å²) < 4.78 is 4.66. The highest BCUT2D eigenvalue weighted by Crippen LogP contribution is 2.20. The Morgan fingerprint density at radius 2 is 2.00 bits per heavy atom. The van der Waals surface area contributed by atoms with Crippen molar-refractivity contribution in [3.63, 3.8) is 0 Å². The predicted molar refractivity (Wildman–Crippen MR) is 72.0 cm³/mol. The Labute approximate surface area is 116 Å². The molecule has 1 aliphatic heterocycles. The van der Waals surface area contributed by atoms with Crippen LogP contribution in [0.15, 0.2) is 30.3 Å². The summed E-state index contributed by atoms with van der Waals surface area (Å²) in [6, 6.07) is 7.33. The normalized spacial score (nSPS) is 18.6. The van der Waals surface area contributed by atoms with Gasteiger partial charge < -0.3 is 10.1 Å². The van der Waals surface area contributed by atoms with Crippen LogP contribution in [0.1, 0.15) is 19.3 Å². The lowest BCUT2D eigenvalue weighted by molar-refractivity contribution is -0.152. The number of rotatable bonds is 2. The van der Waals surface area contributed by atoms with Gasteiger partial charge in [0, 0.05) is 12.1 Å². The Bertz CT molecular complexity index is 515. The van der Waals surface area contributed by atoms with Gasteiger partial charge in [-0.15, -0.1) is 0 Å². The minimum atomic E-state index is -0.843. The van der Waals surface area contributed by atoms with Crippen molar-refractivity contribution in [1.82, 2.24) is 4.90 Å². The fourth-order valence-electron chi connectivity index (χ4n) is 2.19. The fourth-order valence-corrected chi connectivity index (χ4v) is 2.19. The number of esters is 1. The van der Waals surface area contributed by atoms with Gasteiger partial charge in [-0.25, -0.2) is 14.5 Å². The Morgan fingerprint density at radius 1 is 1.30 bits per heavy atom. The van der Waals surface area contributed by atoms with Crippen molar-refractivity contribution >= 4 is 23.6 Å². The summed E-state index contributed by atoms with van der Waals surface area (Å²) in [6.07, 6.45) is 1.27. The first kappa shape index (κ1) is 14.0. The molecule has 0 saturated carbocycles. The SMILES string of the molecule is COC(=O)C1CCCC(=O)N1C(=O)Nc1ccccc1. The molecule has 1 aromatic rings. The molecule has 0 aromatic heterocycles. The van der Waals surface area contributed by atoms with E-state index in [4.69, 9.17) is 0 Å². The number of methoxy groups -OCH3 is 1. The number of carbonyl (C=O) groups is 3. The second kappa shape index (κ2) is 6.18. The molecule has 1 fully saturated rings. The zero-order valence-corrected chi connectivity index (χ0v) is 11.2. The van der Waals surface area contributed by atoms with Gasteiger partial charge in [0.25, 0.3) is 0 Å². The maximum absolute atomic E-state index is 12.2. The van der Waals surface area contributed by atoms with Gasteiger partial charge in [0.2, 0.25) is 5.91 Å². The molecule has 0 bridgehead atoms. The molecule has 0 spiro atoms. The number of piperidine rings is 1. The highest BCUT2D eigenvalue weighted by atomic mass is 16.5. The quantitative estimate of drug-likeness (QED) is 0.835. The molecule has 20 heavy (non-hydrogen) atoms. The van der Waals surface area contributed by atoms with Gasteiger partial charge in [-0.2, -0.15) is 0 Å². The number of anilines is 1. The minimum absolute atomic E-state index is 0.260.